The SMILES string of the molecule is Nc1cc(C(=O)NCCOc2ccccc2F)[nH]n1. The van der Waals surface area contributed by atoms with Crippen LogP contribution in [0.5, 0.6) is 5.75 Å². The number of halogens is 1. The third kappa shape index (κ3) is 3.44. The number of nitrogens with two attached hydrogens (primary N) is 1. The van der Waals surface area contributed by atoms with Crippen LogP contribution in [0.25, 0.3) is 0 Å². The molecule has 0 radical (unpaired) electrons. The fourth-order valence-corrected chi connectivity index (χ4v) is 1.44. The van der Waals surface area contributed by atoms with Crippen LogP contribution >= 0.6 is 0 Å². The summed E-state index contributed by atoms with van der Waals surface area (Å²) in [6, 6.07) is 7.50. The van der Waals surface area contributed by atoms with Crippen molar-refractivity contribution in [2.24, 2.45) is 0 Å². The number of H-pyrrole nitrogens is 1. The lowest BCUT2D eigenvalue weighted by Crippen LogP contribution is -2.28. The molecule has 0 unspecified atom stereocenters. The molecule has 0 aliphatic carbocycles. The van der Waals surface area contributed by atoms with Crippen LogP contribution in [0.15, 0.2) is 30.3 Å². The van der Waals surface area contributed by atoms with E-state index in [1.165, 1.54) is 18.2 Å². The molecule has 0 atom stereocenters. The van der Waals surface area contributed by atoms with Crippen molar-refractivity contribution in [3.63, 3.8) is 0 Å². The predicted molar refractivity (Wildman–Crippen MR) is 67.2 cm³/mol. The maximum absolute atomic E-state index is 13.2. The number of benzene rings is 1. The van der Waals surface area contributed by atoms with Crippen LogP contribution < -0.4 is 15.8 Å². The topological polar surface area (TPSA) is 93.0 Å². The van der Waals surface area contributed by atoms with Crippen molar-refractivity contribution < 1.29 is 13.9 Å². The predicted octanol–water partition coefficient (Wildman–Crippen LogP) is 0.940. The van der Waals surface area contributed by atoms with Crippen molar-refractivity contribution in [3.05, 3.63) is 41.8 Å². The van der Waals surface area contributed by atoms with Gasteiger partial charge in [0.05, 0.1) is 6.54 Å². The third-order valence-corrected chi connectivity index (χ3v) is 2.32. The number of aromatic nitrogens is 2. The summed E-state index contributed by atoms with van der Waals surface area (Å²) in [6.45, 7) is 0.405. The highest BCUT2D eigenvalue weighted by atomic mass is 19.1. The number of nitrogen functional groups attached to an aromatic ring is 1. The molecule has 7 heteroatoms. The summed E-state index contributed by atoms with van der Waals surface area (Å²) in [5.74, 6) is -0.383. The minimum Gasteiger partial charge on any atom is -0.489 e. The first-order valence-corrected chi connectivity index (χ1v) is 5.63. The Morgan fingerprint density at radius 2 is 2.26 bits per heavy atom. The van der Waals surface area contributed by atoms with Crippen LogP contribution in [-0.4, -0.2) is 29.3 Å². The van der Waals surface area contributed by atoms with Gasteiger partial charge in [0.2, 0.25) is 0 Å². The minimum atomic E-state index is -0.435. The fraction of sp³-hybridized carbons (Fsp3) is 0.167. The molecule has 1 heterocycles. The van der Waals surface area contributed by atoms with Crippen molar-refractivity contribution in [1.29, 1.82) is 0 Å². The van der Waals surface area contributed by atoms with Crippen LogP contribution in [0, 0.1) is 5.82 Å². The van der Waals surface area contributed by atoms with Gasteiger partial charge in [-0.2, -0.15) is 5.10 Å². The summed E-state index contributed by atoms with van der Waals surface area (Å²) < 4.78 is 18.4. The standard InChI is InChI=1S/C12H13FN4O2/c13-8-3-1-2-4-10(8)19-6-5-15-12(18)9-7-11(14)17-16-9/h1-4,7H,5-6H2,(H,15,18)(H3,14,16,17). The second-order valence-corrected chi connectivity index (χ2v) is 3.74. The Hall–Kier alpha value is -2.57. The van der Waals surface area contributed by atoms with Gasteiger partial charge in [-0.1, -0.05) is 12.1 Å². The smallest absolute Gasteiger partial charge is 0.269 e. The van der Waals surface area contributed by atoms with Crippen molar-refractivity contribution in [2.45, 2.75) is 0 Å². The van der Waals surface area contributed by atoms with E-state index >= 15 is 0 Å². The van der Waals surface area contributed by atoms with Crippen LogP contribution in [0.4, 0.5) is 10.2 Å². The molecule has 0 aliphatic rings. The van der Waals surface area contributed by atoms with Gasteiger partial charge in [0.25, 0.3) is 5.91 Å². The molecule has 6 nitrogen and oxygen atoms in total. The Labute approximate surface area is 108 Å². The molecule has 1 aromatic heterocycles. The summed E-state index contributed by atoms with van der Waals surface area (Å²) >= 11 is 0. The molecule has 0 saturated carbocycles. The molecule has 1 aromatic carbocycles. The molecule has 19 heavy (non-hydrogen) atoms. The van der Waals surface area contributed by atoms with Gasteiger partial charge in [0, 0.05) is 6.07 Å². The molecule has 2 rings (SSSR count). The number of ether oxygens (including phenoxy) is 1. The van der Waals surface area contributed by atoms with Crippen LogP contribution in [0.1, 0.15) is 10.5 Å². The number of anilines is 1. The van der Waals surface area contributed by atoms with Crippen molar-refractivity contribution in [1.82, 2.24) is 15.5 Å². The van der Waals surface area contributed by atoms with E-state index in [1.807, 2.05) is 0 Å². The van der Waals surface area contributed by atoms with Gasteiger partial charge in [-0.15, -0.1) is 0 Å². The van der Waals surface area contributed by atoms with Gasteiger partial charge < -0.3 is 15.8 Å². The van der Waals surface area contributed by atoms with Crippen molar-refractivity contribution in [3.8, 4) is 5.75 Å². The van der Waals surface area contributed by atoms with Gasteiger partial charge >= 0.3 is 0 Å². The number of hydrogen-bond acceptors (Lipinski definition) is 4. The molecule has 0 spiro atoms. The lowest BCUT2D eigenvalue weighted by Gasteiger charge is -2.07. The number of rotatable bonds is 5. The van der Waals surface area contributed by atoms with E-state index in [2.05, 4.69) is 15.5 Å². The largest absolute Gasteiger partial charge is 0.489 e. The Bertz CT molecular complexity index is 570. The summed E-state index contributed by atoms with van der Waals surface area (Å²) in [7, 11) is 0. The number of aromatic amines is 1. The number of amides is 1. The molecule has 0 saturated heterocycles. The molecule has 0 bridgehead atoms. The van der Waals surface area contributed by atoms with Crippen LogP contribution in [-0.2, 0) is 0 Å². The van der Waals surface area contributed by atoms with Gasteiger partial charge in [0.15, 0.2) is 11.6 Å². The van der Waals surface area contributed by atoms with Crippen LogP contribution in [0.3, 0.4) is 0 Å². The highest BCUT2D eigenvalue weighted by molar-refractivity contribution is 5.92. The number of nitrogens with zero attached hydrogens (tertiary/aromatic N) is 1. The highest BCUT2D eigenvalue weighted by Crippen LogP contribution is 2.14. The zero-order valence-electron chi connectivity index (χ0n) is 10.0. The van der Waals surface area contributed by atoms with Gasteiger partial charge in [-0.3, -0.25) is 9.89 Å². The van der Waals surface area contributed by atoms with E-state index in [4.69, 9.17) is 10.5 Å². The number of nitrogens with one attached hydrogen (secondary N) is 2. The summed E-state index contributed by atoms with van der Waals surface area (Å²) in [5, 5.41) is 8.71. The molecule has 100 valence electrons. The second kappa shape index (κ2) is 5.85. The number of carbonyl (C=O) groups excluding carboxylic acids is 1. The Morgan fingerprint density at radius 1 is 1.47 bits per heavy atom. The molecule has 2 aromatic rings. The van der Waals surface area contributed by atoms with Crippen molar-refractivity contribution >= 4 is 11.7 Å². The quantitative estimate of drug-likeness (QED) is 0.701. The van der Waals surface area contributed by atoms with Gasteiger partial charge in [-0.25, -0.2) is 4.39 Å². The van der Waals surface area contributed by atoms with Crippen LogP contribution in [0.2, 0.25) is 0 Å². The lowest BCUT2D eigenvalue weighted by molar-refractivity contribution is 0.0941. The van der Waals surface area contributed by atoms with E-state index in [9.17, 15) is 9.18 Å². The Morgan fingerprint density at radius 3 is 2.95 bits per heavy atom. The van der Waals surface area contributed by atoms with E-state index < -0.39 is 5.82 Å². The zero-order valence-corrected chi connectivity index (χ0v) is 10.0. The molecular weight excluding hydrogens is 251 g/mol. The van der Waals surface area contributed by atoms with Gasteiger partial charge in [-0.05, 0) is 12.1 Å². The Kier molecular flexibility index (Phi) is 3.97. The first-order valence-electron chi connectivity index (χ1n) is 5.63. The summed E-state index contributed by atoms with van der Waals surface area (Å²) in [4.78, 5) is 11.6. The zero-order chi connectivity index (χ0) is 13.7. The molecule has 0 fully saturated rings. The second-order valence-electron chi connectivity index (χ2n) is 3.74. The number of hydrogen-bond donors (Lipinski definition) is 3. The Balaban J connectivity index is 1.75. The maximum atomic E-state index is 13.2. The van der Waals surface area contributed by atoms with E-state index in [0.29, 0.717) is 0 Å². The van der Waals surface area contributed by atoms with Crippen molar-refractivity contribution in [2.75, 3.05) is 18.9 Å². The lowest BCUT2D eigenvalue weighted by atomic mass is 10.3. The monoisotopic (exact) mass is 264 g/mol. The fourth-order valence-electron chi connectivity index (χ4n) is 1.44. The molecule has 4 N–H and O–H groups in total. The number of carbonyl (C=O) groups is 1. The molecular formula is C12H13FN4O2. The first kappa shape index (κ1) is 12.9. The van der Waals surface area contributed by atoms with E-state index in [0.717, 1.165) is 0 Å². The first-order chi connectivity index (χ1) is 9.16. The average molecular weight is 264 g/mol. The highest BCUT2D eigenvalue weighted by Gasteiger charge is 2.08. The number of para-hydroxylation sites is 1. The third-order valence-electron chi connectivity index (χ3n) is 2.32. The maximum Gasteiger partial charge on any atom is 0.269 e. The molecule has 1 amide bonds. The van der Waals surface area contributed by atoms with E-state index in [1.54, 1.807) is 12.1 Å². The molecule has 0 aliphatic heterocycles. The normalized spacial score (nSPS) is 10.2. The van der Waals surface area contributed by atoms with E-state index in [-0.39, 0.29) is 36.3 Å². The summed E-state index contributed by atoms with van der Waals surface area (Å²) in [5.41, 5.74) is 5.64. The average Bonchev–Trinajstić information content (AvgIpc) is 2.83. The summed E-state index contributed by atoms with van der Waals surface area (Å²) in [6.07, 6.45) is 0. The minimum absolute atomic E-state index is 0.155. The van der Waals surface area contributed by atoms with Gasteiger partial charge in [0.1, 0.15) is 18.1 Å².